The molecule has 183 valence electrons. The van der Waals surface area contributed by atoms with Crippen LogP contribution in [0, 0.1) is 13.0 Å². The van der Waals surface area contributed by atoms with E-state index in [-0.39, 0.29) is 31.6 Å². The van der Waals surface area contributed by atoms with E-state index in [1.807, 2.05) is 42.5 Å². The number of nitrogens with zero attached hydrogens (tertiary/aromatic N) is 1. The average molecular weight is 653 g/mol. The van der Waals surface area contributed by atoms with Crippen molar-refractivity contribution >= 4 is 16.9 Å². The molecular weight excluding hydrogens is 627 g/mol. The Kier molecular flexibility index (Phi) is 9.13. The van der Waals surface area contributed by atoms with E-state index in [1.54, 1.807) is 0 Å². The molecule has 0 saturated carbocycles. The van der Waals surface area contributed by atoms with Crippen molar-refractivity contribution in [3.63, 3.8) is 0 Å². The van der Waals surface area contributed by atoms with Crippen LogP contribution < -0.4 is 0 Å². The Labute approximate surface area is 224 Å². The molecule has 0 bridgehead atoms. The summed E-state index contributed by atoms with van der Waals surface area (Å²) in [6.07, 6.45) is 1.17. The Morgan fingerprint density at radius 1 is 0.889 bits per heavy atom. The quantitative estimate of drug-likeness (QED) is 0.122. The van der Waals surface area contributed by atoms with Crippen molar-refractivity contribution in [2.75, 3.05) is 0 Å². The van der Waals surface area contributed by atoms with E-state index < -0.39 is 0 Å². The number of rotatable bonds is 4. The second kappa shape index (κ2) is 12.3. The fraction of sp³-hybridized carbons (Fsp3) is 0.0968. The van der Waals surface area contributed by atoms with Crippen molar-refractivity contribution in [1.82, 2.24) is 4.98 Å². The number of carbonyl (C=O) groups is 1. The number of carbonyl (C=O) groups excluding carboxylic acids is 1. The van der Waals surface area contributed by atoms with Crippen LogP contribution in [-0.4, -0.2) is 15.9 Å². The summed E-state index contributed by atoms with van der Waals surface area (Å²) in [6, 6.07) is 34.0. The molecule has 0 aliphatic rings. The monoisotopic (exact) mass is 653 g/mol. The Bertz CT molecular complexity index is 1480. The third kappa shape index (κ3) is 6.45. The predicted molar refractivity (Wildman–Crippen MR) is 141 cm³/mol. The maximum absolute atomic E-state index is 10.0. The SMILES string of the molecule is CC(=O)/C=C(/C)O.Cc1c(-c2ccccc2)oc2ccc(-c3[c-]ccc(-c4ccccc4)c3)nc12.[Ir]. The zero-order chi connectivity index (χ0) is 24.8. The van der Waals surface area contributed by atoms with E-state index >= 15 is 0 Å². The molecule has 0 spiro atoms. The molecule has 1 radical (unpaired) electrons. The minimum atomic E-state index is -0.125. The Hall–Kier alpha value is -3.79. The van der Waals surface area contributed by atoms with Gasteiger partial charge in [-0.05, 0) is 38.1 Å². The summed E-state index contributed by atoms with van der Waals surface area (Å²) in [6.45, 7) is 4.91. The summed E-state index contributed by atoms with van der Waals surface area (Å²) in [5.41, 5.74) is 8.04. The zero-order valence-corrected chi connectivity index (χ0v) is 22.7. The summed E-state index contributed by atoms with van der Waals surface area (Å²) >= 11 is 0. The van der Waals surface area contributed by atoms with Gasteiger partial charge in [-0.3, -0.25) is 9.78 Å². The number of fused-ring (bicyclic) bond motifs is 1. The van der Waals surface area contributed by atoms with Crippen LogP contribution in [0.4, 0.5) is 0 Å². The molecule has 2 heterocycles. The van der Waals surface area contributed by atoms with Crippen LogP contribution >= 0.6 is 0 Å². The van der Waals surface area contributed by atoms with Crippen molar-refractivity contribution in [2.45, 2.75) is 20.8 Å². The van der Waals surface area contributed by atoms with Gasteiger partial charge in [0.05, 0.1) is 5.76 Å². The number of benzene rings is 3. The van der Waals surface area contributed by atoms with Gasteiger partial charge in [-0.15, -0.1) is 35.4 Å². The molecule has 2 aromatic heterocycles. The molecule has 5 rings (SSSR count). The number of aromatic nitrogens is 1. The molecule has 0 amide bonds. The van der Waals surface area contributed by atoms with Crippen LogP contribution in [0.1, 0.15) is 19.4 Å². The number of allylic oxidation sites excluding steroid dienone is 2. The first kappa shape index (κ1) is 26.8. The maximum Gasteiger partial charge on any atom is 0.155 e. The van der Waals surface area contributed by atoms with Gasteiger partial charge >= 0.3 is 0 Å². The third-order valence-corrected chi connectivity index (χ3v) is 5.40. The van der Waals surface area contributed by atoms with Gasteiger partial charge in [0, 0.05) is 37.3 Å². The second-order valence-corrected chi connectivity index (χ2v) is 8.22. The van der Waals surface area contributed by atoms with E-state index in [0.29, 0.717) is 0 Å². The van der Waals surface area contributed by atoms with Gasteiger partial charge in [-0.25, -0.2) is 0 Å². The smallest absolute Gasteiger partial charge is 0.155 e. The fourth-order valence-electron chi connectivity index (χ4n) is 3.83. The van der Waals surface area contributed by atoms with E-state index in [4.69, 9.17) is 14.5 Å². The van der Waals surface area contributed by atoms with Gasteiger partial charge < -0.3 is 9.52 Å². The first-order chi connectivity index (χ1) is 16.9. The van der Waals surface area contributed by atoms with Gasteiger partial charge in [-0.2, -0.15) is 0 Å². The van der Waals surface area contributed by atoms with Crippen molar-refractivity contribution in [2.24, 2.45) is 0 Å². The fourth-order valence-corrected chi connectivity index (χ4v) is 3.83. The molecule has 3 aromatic carbocycles. The summed E-state index contributed by atoms with van der Waals surface area (Å²) < 4.78 is 6.10. The molecule has 0 fully saturated rings. The molecule has 1 N–H and O–H groups in total. The Balaban J connectivity index is 0.000000400. The molecule has 0 aliphatic heterocycles. The van der Waals surface area contributed by atoms with E-state index in [2.05, 4.69) is 61.5 Å². The first-order valence-electron chi connectivity index (χ1n) is 11.3. The summed E-state index contributed by atoms with van der Waals surface area (Å²) in [4.78, 5) is 14.9. The molecule has 5 aromatic rings. The molecule has 0 unspecified atom stereocenters. The number of furan rings is 1. The minimum Gasteiger partial charge on any atom is -0.512 e. The molecule has 0 atom stereocenters. The van der Waals surface area contributed by atoms with Crippen LogP contribution in [0.3, 0.4) is 0 Å². The van der Waals surface area contributed by atoms with E-state index in [9.17, 15) is 4.79 Å². The average Bonchev–Trinajstić information content (AvgIpc) is 3.20. The summed E-state index contributed by atoms with van der Waals surface area (Å²) in [7, 11) is 0. The van der Waals surface area contributed by atoms with Crippen molar-refractivity contribution in [3.05, 3.63) is 114 Å². The summed E-state index contributed by atoms with van der Waals surface area (Å²) in [5, 5.41) is 8.36. The molecule has 0 saturated heterocycles. The number of ketones is 1. The van der Waals surface area contributed by atoms with Crippen molar-refractivity contribution < 1.29 is 34.4 Å². The van der Waals surface area contributed by atoms with Crippen LogP contribution in [-0.2, 0) is 24.9 Å². The van der Waals surface area contributed by atoms with Crippen molar-refractivity contribution in [1.29, 1.82) is 0 Å². The molecular formula is C31H26IrNO3-. The van der Waals surface area contributed by atoms with E-state index in [0.717, 1.165) is 44.8 Å². The van der Waals surface area contributed by atoms with Crippen LogP contribution in [0.2, 0.25) is 0 Å². The maximum atomic E-state index is 10.0. The number of pyridine rings is 1. The minimum absolute atomic E-state index is 0. The van der Waals surface area contributed by atoms with Crippen LogP contribution in [0.25, 0.3) is 44.8 Å². The molecule has 0 aliphatic carbocycles. The van der Waals surface area contributed by atoms with Gasteiger partial charge in [0.25, 0.3) is 0 Å². The predicted octanol–water partition coefficient (Wildman–Crippen LogP) is 7.97. The van der Waals surface area contributed by atoms with Gasteiger partial charge in [0.2, 0.25) is 0 Å². The van der Waals surface area contributed by atoms with Gasteiger partial charge in [-0.1, -0.05) is 66.7 Å². The zero-order valence-electron chi connectivity index (χ0n) is 20.3. The standard InChI is InChI=1S/C26H18NO.C5H8O2.Ir/c1-18-25-24(28-26(18)20-11-6-3-7-12-20)16-15-23(27-25)22-14-8-13-21(17-22)19-9-4-2-5-10-19;1-4(6)3-5(2)7;/h2-13,15-17H,1H3;3,6H,1-2H3;/q-1;;/b;4-3-;. The van der Waals surface area contributed by atoms with E-state index in [1.165, 1.54) is 25.5 Å². The molecule has 4 nitrogen and oxygen atoms in total. The van der Waals surface area contributed by atoms with Gasteiger partial charge in [0.15, 0.2) is 11.4 Å². The topological polar surface area (TPSA) is 63.3 Å². The first-order valence-corrected chi connectivity index (χ1v) is 11.3. The van der Waals surface area contributed by atoms with Gasteiger partial charge in [0.1, 0.15) is 11.3 Å². The third-order valence-electron chi connectivity index (χ3n) is 5.40. The number of aliphatic hydroxyl groups excluding tert-OH is 1. The van der Waals surface area contributed by atoms with Crippen LogP contribution in [0.5, 0.6) is 0 Å². The van der Waals surface area contributed by atoms with Crippen LogP contribution in [0.15, 0.2) is 107 Å². The second-order valence-electron chi connectivity index (χ2n) is 8.22. The number of hydrogen-bond acceptors (Lipinski definition) is 4. The molecule has 5 heteroatoms. The number of hydrogen-bond donors (Lipinski definition) is 1. The Morgan fingerprint density at radius 3 is 2.11 bits per heavy atom. The van der Waals surface area contributed by atoms with Crippen molar-refractivity contribution in [3.8, 4) is 33.7 Å². The normalized spacial score (nSPS) is 10.8. The summed E-state index contributed by atoms with van der Waals surface area (Å²) in [5.74, 6) is 0.815. The Morgan fingerprint density at radius 2 is 1.53 bits per heavy atom. The largest absolute Gasteiger partial charge is 0.512 e. The molecule has 36 heavy (non-hydrogen) atoms. The number of aryl methyl sites for hydroxylation is 1. The number of aliphatic hydroxyl groups is 1.